The van der Waals surface area contributed by atoms with E-state index in [1.807, 2.05) is 6.92 Å². The minimum Gasteiger partial charge on any atom is -0.378 e. The Kier molecular flexibility index (Phi) is 10.1. The Balaban J connectivity index is 0.00000364. The van der Waals surface area contributed by atoms with Crippen LogP contribution >= 0.6 is 24.0 Å². The van der Waals surface area contributed by atoms with Crippen LogP contribution in [-0.4, -0.2) is 61.3 Å². The van der Waals surface area contributed by atoms with E-state index in [0.717, 1.165) is 44.8 Å². The number of halogens is 1. The van der Waals surface area contributed by atoms with Crippen molar-refractivity contribution in [1.29, 1.82) is 0 Å². The van der Waals surface area contributed by atoms with Gasteiger partial charge in [0.25, 0.3) is 0 Å². The topological polar surface area (TPSA) is 92.0 Å². The van der Waals surface area contributed by atoms with E-state index in [0.29, 0.717) is 31.3 Å². The van der Waals surface area contributed by atoms with Gasteiger partial charge in [0.2, 0.25) is 0 Å². The van der Waals surface area contributed by atoms with E-state index in [4.69, 9.17) is 10.5 Å². The number of likely N-dealkylation sites (tertiary alicyclic amines) is 1. The summed E-state index contributed by atoms with van der Waals surface area (Å²) in [6, 6.07) is 0.357. The zero-order chi connectivity index (χ0) is 19.2. The zero-order valence-corrected chi connectivity index (χ0v) is 19.6. The van der Waals surface area contributed by atoms with E-state index >= 15 is 0 Å². The summed E-state index contributed by atoms with van der Waals surface area (Å²) < 4.78 is 6.04. The van der Waals surface area contributed by atoms with Crippen molar-refractivity contribution in [2.75, 3.05) is 26.2 Å². The minimum absolute atomic E-state index is 0. The van der Waals surface area contributed by atoms with E-state index in [1.54, 1.807) is 4.90 Å². The molecule has 1 saturated heterocycles. The number of nitrogens with one attached hydrogen (secondary N) is 2. The highest BCUT2D eigenvalue weighted by Crippen LogP contribution is 2.42. The Morgan fingerprint density at radius 1 is 1.26 bits per heavy atom. The lowest BCUT2D eigenvalue weighted by Crippen LogP contribution is -2.64. The van der Waals surface area contributed by atoms with Gasteiger partial charge in [0.1, 0.15) is 0 Å². The van der Waals surface area contributed by atoms with Crippen LogP contribution in [0.25, 0.3) is 0 Å². The summed E-state index contributed by atoms with van der Waals surface area (Å²) in [7, 11) is 0. The molecule has 2 rings (SSSR count). The van der Waals surface area contributed by atoms with Gasteiger partial charge in [0, 0.05) is 43.7 Å². The van der Waals surface area contributed by atoms with Gasteiger partial charge >= 0.3 is 6.03 Å². The number of hydrogen-bond donors (Lipinski definition) is 3. The number of hydrogen-bond acceptors (Lipinski definition) is 3. The van der Waals surface area contributed by atoms with Crippen molar-refractivity contribution in [3.63, 3.8) is 0 Å². The minimum atomic E-state index is -0.325. The highest BCUT2D eigenvalue weighted by Gasteiger charge is 2.49. The van der Waals surface area contributed by atoms with Gasteiger partial charge in [-0.05, 0) is 32.6 Å². The maximum absolute atomic E-state index is 11.3. The number of carbonyl (C=O) groups excluding carboxylic acids is 1. The molecular formula is C19H38IN5O2. The molecule has 1 heterocycles. The standard InChI is InChI=1S/C19H37N5O2.HI/c1-5-7-12-26-16-13-15(19(16,3)4)23-18(21-6-2)22-14-8-10-24(11-9-14)17(20)25;/h14-16H,5-13H2,1-4H3,(H2,20,25)(H2,21,22,23);1H. The summed E-state index contributed by atoms with van der Waals surface area (Å²) >= 11 is 0. The number of rotatable bonds is 7. The summed E-state index contributed by atoms with van der Waals surface area (Å²) in [5, 5.41) is 7.14. The van der Waals surface area contributed by atoms with E-state index in [2.05, 4.69) is 36.4 Å². The molecule has 0 bridgehead atoms. The molecule has 7 nitrogen and oxygen atoms in total. The van der Waals surface area contributed by atoms with Gasteiger partial charge < -0.3 is 26.0 Å². The average molecular weight is 495 g/mol. The van der Waals surface area contributed by atoms with Crippen molar-refractivity contribution in [3.05, 3.63) is 0 Å². The normalized spacial score (nSPS) is 25.3. The van der Waals surface area contributed by atoms with Crippen molar-refractivity contribution < 1.29 is 9.53 Å². The first-order chi connectivity index (χ1) is 12.4. The molecule has 0 radical (unpaired) electrons. The number of ether oxygens (including phenoxy) is 1. The zero-order valence-electron chi connectivity index (χ0n) is 17.3. The molecule has 0 spiro atoms. The predicted octanol–water partition coefficient (Wildman–Crippen LogP) is 2.69. The van der Waals surface area contributed by atoms with Crippen molar-refractivity contribution in [2.24, 2.45) is 16.1 Å². The summed E-state index contributed by atoms with van der Waals surface area (Å²) in [6.45, 7) is 11.8. The van der Waals surface area contributed by atoms with E-state index in [9.17, 15) is 4.79 Å². The number of piperidine rings is 1. The fraction of sp³-hybridized carbons (Fsp3) is 0.895. The average Bonchev–Trinajstić information content (AvgIpc) is 2.61. The lowest BCUT2D eigenvalue weighted by Gasteiger charge is -2.52. The van der Waals surface area contributed by atoms with Gasteiger partial charge in [-0.15, -0.1) is 24.0 Å². The fourth-order valence-corrected chi connectivity index (χ4v) is 3.68. The van der Waals surface area contributed by atoms with E-state index < -0.39 is 0 Å². The van der Waals surface area contributed by atoms with Crippen molar-refractivity contribution in [1.82, 2.24) is 15.5 Å². The number of guanidine groups is 1. The second-order valence-electron chi connectivity index (χ2n) is 8.03. The Bertz CT molecular complexity index is 492. The number of amides is 2. The molecule has 8 heteroatoms. The number of unbranched alkanes of at least 4 members (excludes halogenated alkanes) is 1. The van der Waals surface area contributed by atoms with Crippen LogP contribution in [-0.2, 0) is 4.74 Å². The van der Waals surface area contributed by atoms with Crippen LogP contribution in [0.4, 0.5) is 4.79 Å². The second kappa shape index (κ2) is 11.3. The number of carbonyl (C=O) groups is 1. The molecule has 0 aromatic carbocycles. The lowest BCUT2D eigenvalue weighted by atomic mass is 9.64. The molecule has 2 unspecified atom stereocenters. The molecule has 2 aliphatic rings. The summed E-state index contributed by atoms with van der Waals surface area (Å²) in [6.07, 6.45) is 5.41. The Morgan fingerprint density at radius 2 is 1.93 bits per heavy atom. The van der Waals surface area contributed by atoms with Crippen molar-refractivity contribution >= 4 is 36.0 Å². The molecule has 1 aliphatic heterocycles. The SMILES string of the molecule is CCCCOC1CC(NC(=NCC)NC2CCN(C(N)=O)CC2)C1(C)C.I. The predicted molar refractivity (Wildman–Crippen MR) is 121 cm³/mol. The van der Waals surface area contributed by atoms with Crippen LogP contribution in [0.1, 0.15) is 59.8 Å². The largest absolute Gasteiger partial charge is 0.378 e. The molecule has 2 amide bonds. The van der Waals surface area contributed by atoms with Crippen molar-refractivity contribution in [2.45, 2.75) is 78.0 Å². The summed E-state index contributed by atoms with van der Waals surface area (Å²) in [5.41, 5.74) is 5.45. The first-order valence-corrected chi connectivity index (χ1v) is 10.1. The van der Waals surface area contributed by atoms with Gasteiger partial charge in [-0.1, -0.05) is 27.2 Å². The number of urea groups is 1. The van der Waals surface area contributed by atoms with E-state index in [1.165, 1.54) is 6.42 Å². The lowest BCUT2D eigenvalue weighted by molar-refractivity contribution is -0.113. The smallest absolute Gasteiger partial charge is 0.314 e. The van der Waals surface area contributed by atoms with Crippen molar-refractivity contribution in [3.8, 4) is 0 Å². The number of nitrogens with zero attached hydrogens (tertiary/aromatic N) is 2. The van der Waals surface area contributed by atoms with Gasteiger partial charge in [-0.3, -0.25) is 4.99 Å². The van der Waals surface area contributed by atoms with Crippen LogP contribution in [0.5, 0.6) is 0 Å². The monoisotopic (exact) mass is 495 g/mol. The van der Waals surface area contributed by atoms with Gasteiger partial charge in [0.05, 0.1) is 6.10 Å². The fourth-order valence-electron chi connectivity index (χ4n) is 3.68. The van der Waals surface area contributed by atoms with Crippen LogP contribution in [0.15, 0.2) is 4.99 Å². The number of primary amides is 1. The molecule has 4 N–H and O–H groups in total. The quantitative estimate of drug-likeness (QED) is 0.219. The van der Waals surface area contributed by atoms with Crippen LogP contribution in [0.3, 0.4) is 0 Å². The molecule has 2 fully saturated rings. The Morgan fingerprint density at radius 3 is 2.44 bits per heavy atom. The molecule has 27 heavy (non-hydrogen) atoms. The molecule has 1 aliphatic carbocycles. The summed E-state index contributed by atoms with van der Waals surface area (Å²) in [5.74, 6) is 0.870. The first kappa shape index (κ1) is 24.3. The third-order valence-corrected chi connectivity index (χ3v) is 5.77. The third-order valence-electron chi connectivity index (χ3n) is 5.77. The molecular weight excluding hydrogens is 457 g/mol. The molecule has 0 aromatic rings. The molecule has 1 saturated carbocycles. The van der Waals surface area contributed by atoms with Gasteiger partial charge in [0.15, 0.2) is 5.96 Å². The maximum Gasteiger partial charge on any atom is 0.314 e. The summed E-state index contributed by atoms with van der Waals surface area (Å²) in [4.78, 5) is 17.6. The first-order valence-electron chi connectivity index (χ1n) is 10.1. The molecule has 0 aromatic heterocycles. The second-order valence-corrected chi connectivity index (χ2v) is 8.03. The highest BCUT2D eigenvalue weighted by molar-refractivity contribution is 14.0. The Hall–Kier alpha value is -0.770. The van der Waals surface area contributed by atoms with Gasteiger partial charge in [-0.25, -0.2) is 4.79 Å². The maximum atomic E-state index is 11.3. The molecule has 158 valence electrons. The van der Waals surface area contributed by atoms with Crippen LogP contribution < -0.4 is 16.4 Å². The van der Waals surface area contributed by atoms with Crippen LogP contribution in [0, 0.1) is 5.41 Å². The van der Waals surface area contributed by atoms with Crippen LogP contribution in [0.2, 0.25) is 0 Å². The van der Waals surface area contributed by atoms with Gasteiger partial charge in [-0.2, -0.15) is 0 Å². The highest BCUT2D eigenvalue weighted by atomic mass is 127. The van der Waals surface area contributed by atoms with E-state index in [-0.39, 0.29) is 35.4 Å². The Labute approximate surface area is 181 Å². The number of nitrogens with two attached hydrogens (primary N) is 1. The third kappa shape index (κ3) is 6.66. The molecule has 2 atom stereocenters. The number of aliphatic imine (C=N–C) groups is 1.